The number of alkyl halides is 4. The van der Waals surface area contributed by atoms with E-state index in [1.165, 1.54) is 42.1 Å². The molecule has 1 fully saturated rings. The highest BCUT2D eigenvalue weighted by Crippen LogP contribution is 2.68. The number of rotatable bonds is 10. The number of benzene rings is 3. The summed E-state index contributed by atoms with van der Waals surface area (Å²) in [4.78, 5) is 33.4. The number of fused-ring (bicyclic) bond motifs is 5. The fourth-order valence-corrected chi connectivity index (χ4v) is 8.96. The summed E-state index contributed by atoms with van der Waals surface area (Å²) in [7, 11) is -2.52. The van der Waals surface area contributed by atoms with E-state index in [4.69, 9.17) is 22.3 Å². The van der Waals surface area contributed by atoms with Gasteiger partial charge in [0.25, 0.3) is 17.9 Å². The number of sulfonamides is 1. The van der Waals surface area contributed by atoms with Gasteiger partial charge in [-0.1, -0.05) is 27.5 Å². The minimum absolute atomic E-state index is 0.00512. The molecule has 56 heavy (non-hydrogen) atoms. The van der Waals surface area contributed by atoms with Gasteiger partial charge in [-0.15, -0.1) is 0 Å². The Kier molecular flexibility index (Phi) is 8.85. The first-order chi connectivity index (χ1) is 26.3. The van der Waals surface area contributed by atoms with Crippen LogP contribution >= 0.6 is 27.5 Å². The quantitative estimate of drug-likeness (QED) is 0.144. The Morgan fingerprint density at radius 3 is 2.45 bits per heavy atom. The van der Waals surface area contributed by atoms with Crippen LogP contribution in [0.5, 0.6) is 0 Å². The molecule has 6 aromatic rings. The van der Waals surface area contributed by atoms with Crippen molar-refractivity contribution in [3.8, 4) is 5.69 Å². The molecule has 3 heterocycles. The topological polar surface area (TPSA) is 160 Å². The molecular weight excluding hydrogens is 858 g/mol. The molecule has 12 nitrogen and oxygen atoms in total. The fraction of sp³-hybridized carbons (Fsp3) is 0.286. The van der Waals surface area contributed by atoms with Gasteiger partial charge in [-0.05, 0) is 66.8 Å². The monoisotopic (exact) mass is 882 g/mol. The summed E-state index contributed by atoms with van der Waals surface area (Å²) in [6.07, 6.45) is -3.18. The van der Waals surface area contributed by atoms with Crippen LogP contribution in [0.4, 0.5) is 32.2 Å². The van der Waals surface area contributed by atoms with Gasteiger partial charge in [0, 0.05) is 29.1 Å². The van der Waals surface area contributed by atoms with Crippen LogP contribution in [-0.4, -0.2) is 49.7 Å². The van der Waals surface area contributed by atoms with Crippen LogP contribution in [0.25, 0.3) is 27.5 Å². The van der Waals surface area contributed by atoms with E-state index in [1.54, 1.807) is 0 Å². The number of anilines is 1. The van der Waals surface area contributed by atoms with E-state index >= 15 is 8.78 Å². The van der Waals surface area contributed by atoms with Gasteiger partial charge in [-0.2, -0.15) is 19.0 Å². The zero-order valence-corrected chi connectivity index (χ0v) is 31.9. The van der Waals surface area contributed by atoms with E-state index in [2.05, 4.69) is 30.8 Å². The second-order valence-electron chi connectivity index (χ2n) is 13.8. The highest BCUT2D eigenvalue weighted by atomic mass is 79.9. The number of nitrogens with zero attached hydrogens (tertiary/aromatic N) is 6. The maximum Gasteiger partial charge on any atom is 0.293 e. The number of aryl methyl sites for hydroxylation is 1. The zero-order chi connectivity index (χ0) is 40.3. The van der Waals surface area contributed by atoms with Crippen molar-refractivity contribution in [1.82, 2.24) is 29.1 Å². The van der Waals surface area contributed by atoms with Crippen molar-refractivity contribution < 1.29 is 39.6 Å². The number of hydrogen-bond donors (Lipinski definition) is 2. The molecule has 1 unspecified atom stereocenters. The first kappa shape index (κ1) is 37.9. The Morgan fingerprint density at radius 2 is 1.80 bits per heavy atom. The van der Waals surface area contributed by atoms with Crippen molar-refractivity contribution >= 4 is 71.1 Å². The predicted molar refractivity (Wildman–Crippen MR) is 196 cm³/mol. The molecule has 4 atom stereocenters. The van der Waals surface area contributed by atoms with Crippen molar-refractivity contribution in [2.24, 2.45) is 18.7 Å². The van der Waals surface area contributed by atoms with Crippen LogP contribution in [0.3, 0.4) is 0 Å². The summed E-state index contributed by atoms with van der Waals surface area (Å²) >= 11 is 9.91. The summed E-state index contributed by atoms with van der Waals surface area (Å²) < 4.78 is 121. The average Bonchev–Trinajstić information content (AvgIpc) is 3.61. The van der Waals surface area contributed by atoms with Crippen LogP contribution in [-0.2, 0) is 34.2 Å². The highest BCUT2D eigenvalue weighted by molar-refractivity contribution is 9.10. The molecule has 8 rings (SSSR count). The van der Waals surface area contributed by atoms with Gasteiger partial charge in [-0.25, -0.2) is 35.6 Å². The zero-order valence-electron chi connectivity index (χ0n) is 28.7. The summed E-state index contributed by atoms with van der Waals surface area (Å²) in [5, 5.41) is 8.14. The number of nitrogens with two attached hydrogens (primary N) is 1. The standard InChI is InChI=1S/C35H26BrClF6N8O4S/c1-49-28-23(6-5-21(37)25(28)32(47-49)48-56(2,54)55)50-33(45-22-10-14(36)3-4-17(22)34(50)53)19(9-13-7-15(38)11-16(39)8-13)27(31(44)52)51-29-24(26(46-51)30(40)41)18-12-20(18)35(29,42)43/h3-8,10-11,18-20,27,30H,9,12H2,1-2H3,(H2,44,52)(H,47,48)/t18-,19-,20+,27?/m0/s1. The molecule has 2 aliphatic carbocycles. The molecule has 0 spiro atoms. The molecule has 21 heteroatoms. The molecule has 1 saturated carbocycles. The number of halogens is 8. The Balaban J connectivity index is 1.49. The van der Waals surface area contributed by atoms with E-state index < -0.39 is 98.5 Å². The normalized spacial score (nSPS) is 18.3. The van der Waals surface area contributed by atoms with E-state index in [0.29, 0.717) is 15.2 Å². The third-order valence-electron chi connectivity index (χ3n) is 10.1. The van der Waals surface area contributed by atoms with E-state index in [0.717, 1.165) is 23.0 Å². The molecule has 292 valence electrons. The molecule has 0 aliphatic heterocycles. The second-order valence-corrected chi connectivity index (χ2v) is 16.9. The van der Waals surface area contributed by atoms with Gasteiger partial charge in [0.2, 0.25) is 15.9 Å². The van der Waals surface area contributed by atoms with E-state index in [-0.39, 0.29) is 50.3 Å². The smallest absolute Gasteiger partial charge is 0.293 e. The van der Waals surface area contributed by atoms with Crippen molar-refractivity contribution in [3.63, 3.8) is 0 Å². The Morgan fingerprint density at radius 1 is 1.11 bits per heavy atom. The lowest BCUT2D eigenvalue weighted by atomic mass is 9.89. The molecule has 2 aliphatic rings. The number of amides is 1. The molecule has 0 bridgehead atoms. The van der Waals surface area contributed by atoms with Crippen molar-refractivity contribution in [3.05, 3.63) is 108 Å². The molecular formula is C35H26BrClF6N8O4S. The van der Waals surface area contributed by atoms with Crippen LogP contribution < -0.4 is 16.0 Å². The molecule has 0 radical (unpaired) electrons. The number of aromatic nitrogens is 6. The first-order valence-corrected chi connectivity index (χ1v) is 19.7. The Bertz CT molecular complexity index is 2830. The van der Waals surface area contributed by atoms with Crippen molar-refractivity contribution in [1.29, 1.82) is 0 Å². The lowest BCUT2D eigenvalue weighted by Crippen LogP contribution is -2.39. The van der Waals surface area contributed by atoms with Gasteiger partial charge in [-0.3, -0.25) is 23.6 Å². The van der Waals surface area contributed by atoms with Crippen LogP contribution in [0.15, 0.2) is 57.8 Å². The van der Waals surface area contributed by atoms with Gasteiger partial charge in [0.05, 0.1) is 44.7 Å². The largest absolute Gasteiger partial charge is 0.368 e. The minimum Gasteiger partial charge on any atom is -0.368 e. The number of hydrogen-bond acceptors (Lipinski definition) is 7. The van der Waals surface area contributed by atoms with Crippen molar-refractivity contribution in [2.75, 3.05) is 11.0 Å². The molecule has 1 amide bonds. The first-order valence-electron chi connectivity index (χ1n) is 16.6. The summed E-state index contributed by atoms with van der Waals surface area (Å²) in [6, 6.07) is 7.34. The number of carbonyl (C=O) groups excluding carboxylic acids is 1. The molecule has 3 aromatic heterocycles. The maximum atomic E-state index is 16.1. The third kappa shape index (κ3) is 6.12. The Hall–Kier alpha value is -4.95. The summed E-state index contributed by atoms with van der Waals surface area (Å²) in [5.74, 6) is -11.8. The second kappa shape index (κ2) is 13.1. The summed E-state index contributed by atoms with van der Waals surface area (Å²) in [5.41, 5.74) is 2.67. The van der Waals surface area contributed by atoms with Gasteiger partial charge < -0.3 is 5.73 Å². The SMILES string of the molecule is Cn1nc(NS(C)(=O)=O)c2c(Cl)ccc(-n3c([C@@H](Cc4cc(F)cc(F)c4)C(C(N)=O)n4nc(C(F)F)c5c4C(F)(F)[C@@H]4C[C@H]54)nc4cc(Br)ccc4c3=O)c21. The Labute approximate surface area is 325 Å². The minimum atomic E-state index is -3.93. The fourth-order valence-electron chi connectivity index (χ4n) is 7.87. The third-order valence-corrected chi connectivity index (χ3v) is 11.4. The van der Waals surface area contributed by atoms with E-state index in [1.807, 2.05) is 0 Å². The van der Waals surface area contributed by atoms with E-state index in [9.17, 15) is 35.6 Å². The number of primary amides is 1. The molecule has 3 aromatic carbocycles. The number of carbonyl (C=O) groups is 1. The maximum absolute atomic E-state index is 16.1. The van der Waals surface area contributed by atoms with Crippen molar-refractivity contribution in [2.45, 2.75) is 43.1 Å². The van der Waals surface area contributed by atoms with Crippen LogP contribution in [0.2, 0.25) is 5.02 Å². The lowest BCUT2D eigenvalue weighted by molar-refractivity contribution is -0.122. The van der Waals surface area contributed by atoms with Crippen LogP contribution in [0, 0.1) is 17.6 Å². The van der Waals surface area contributed by atoms with Gasteiger partial charge in [0.15, 0.2) is 5.82 Å². The number of nitrogens with one attached hydrogen (secondary N) is 1. The highest BCUT2D eigenvalue weighted by Gasteiger charge is 2.67. The predicted octanol–water partition coefficient (Wildman–Crippen LogP) is 6.73. The van der Waals surface area contributed by atoms with Gasteiger partial charge >= 0.3 is 0 Å². The van der Waals surface area contributed by atoms with Gasteiger partial charge in [0.1, 0.15) is 34.9 Å². The molecule has 3 N–H and O–H groups in total. The molecule has 0 saturated heterocycles. The van der Waals surface area contributed by atoms with Crippen LogP contribution in [0.1, 0.15) is 59.1 Å². The summed E-state index contributed by atoms with van der Waals surface area (Å²) in [6.45, 7) is 0. The average molecular weight is 884 g/mol. The lowest BCUT2D eigenvalue weighted by Gasteiger charge is -2.30.